The van der Waals surface area contributed by atoms with Crippen LogP contribution in [0, 0.1) is 0 Å². The van der Waals surface area contributed by atoms with Crippen molar-refractivity contribution in [3.63, 3.8) is 0 Å². The molecule has 1 aromatic heterocycles. The number of nitrogens with one attached hydrogen (secondary N) is 1. The molecule has 1 N–H and O–H groups in total. The summed E-state index contributed by atoms with van der Waals surface area (Å²) in [6.45, 7) is 2.78. The van der Waals surface area contributed by atoms with Gasteiger partial charge in [-0.15, -0.1) is 0 Å². The summed E-state index contributed by atoms with van der Waals surface area (Å²) in [6.07, 6.45) is 0. The molecule has 0 atom stereocenters. The van der Waals surface area contributed by atoms with Crippen LogP contribution in [0.3, 0.4) is 0 Å². The molecule has 0 spiro atoms. The summed E-state index contributed by atoms with van der Waals surface area (Å²) < 4.78 is 11.2. The highest BCUT2D eigenvalue weighted by atomic mass is 35.5. The van der Waals surface area contributed by atoms with Crippen LogP contribution in [-0.4, -0.2) is 12.5 Å². The van der Waals surface area contributed by atoms with E-state index in [1.807, 2.05) is 49.4 Å². The summed E-state index contributed by atoms with van der Waals surface area (Å²) in [7, 11) is 0. The molecule has 0 unspecified atom stereocenters. The van der Waals surface area contributed by atoms with Gasteiger partial charge >= 0.3 is 0 Å². The minimum absolute atomic E-state index is 0.175. The van der Waals surface area contributed by atoms with Gasteiger partial charge in [0.05, 0.1) is 13.2 Å². The third-order valence-corrected chi connectivity index (χ3v) is 3.87. The van der Waals surface area contributed by atoms with Gasteiger partial charge in [-0.05, 0) is 61.5 Å². The molecule has 128 valence electrons. The maximum atomic E-state index is 12.3. The fourth-order valence-corrected chi connectivity index (χ4v) is 2.53. The van der Waals surface area contributed by atoms with Crippen LogP contribution in [0.2, 0.25) is 5.02 Å². The molecule has 0 radical (unpaired) electrons. The molecular formula is C20H18ClNO3. The summed E-state index contributed by atoms with van der Waals surface area (Å²) in [5, 5.41) is 3.53. The Hall–Kier alpha value is -2.72. The predicted molar refractivity (Wildman–Crippen MR) is 97.9 cm³/mol. The Labute approximate surface area is 151 Å². The lowest BCUT2D eigenvalue weighted by Gasteiger charge is -2.06. The van der Waals surface area contributed by atoms with Crippen molar-refractivity contribution >= 4 is 17.5 Å². The predicted octanol–water partition coefficient (Wildman–Crippen LogP) is 4.93. The zero-order chi connectivity index (χ0) is 17.6. The van der Waals surface area contributed by atoms with Crippen molar-refractivity contribution in [2.24, 2.45) is 0 Å². The monoisotopic (exact) mass is 355 g/mol. The van der Waals surface area contributed by atoms with E-state index in [1.165, 1.54) is 0 Å². The van der Waals surface area contributed by atoms with Gasteiger partial charge in [-0.3, -0.25) is 4.79 Å². The fourth-order valence-electron chi connectivity index (χ4n) is 2.41. The molecule has 1 amide bonds. The summed E-state index contributed by atoms with van der Waals surface area (Å²) in [6, 6.07) is 18.2. The van der Waals surface area contributed by atoms with E-state index in [0.29, 0.717) is 35.2 Å². The van der Waals surface area contributed by atoms with Crippen LogP contribution >= 0.6 is 11.6 Å². The second-order valence-electron chi connectivity index (χ2n) is 5.42. The molecule has 3 aromatic rings. The third kappa shape index (κ3) is 4.43. The van der Waals surface area contributed by atoms with Crippen molar-refractivity contribution in [3.05, 3.63) is 77.0 Å². The Morgan fingerprint density at radius 3 is 2.68 bits per heavy atom. The van der Waals surface area contributed by atoms with E-state index in [-0.39, 0.29) is 5.91 Å². The smallest absolute Gasteiger partial charge is 0.251 e. The van der Waals surface area contributed by atoms with Crippen LogP contribution in [0.4, 0.5) is 0 Å². The van der Waals surface area contributed by atoms with Gasteiger partial charge in [0.25, 0.3) is 5.91 Å². The average Bonchev–Trinajstić information content (AvgIpc) is 3.10. The molecule has 25 heavy (non-hydrogen) atoms. The van der Waals surface area contributed by atoms with Crippen molar-refractivity contribution in [3.8, 4) is 17.1 Å². The van der Waals surface area contributed by atoms with Crippen LogP contribution < -0.4 is 10.1 Å². The molecule has 0 aliphatic carbocycles. The van der Waals surface area contributed by atoms with Gasteiger partial charge < -0.3 is 14.5 Å². The van der Waals surface area contributed by atoms with E-state index >= 15 is 0 Å². The Morgan fingerprint density at radius 1 is 1.12 bits per heavy atom. The Morgan fingerprint density at radius 2 is 1.92 bits per heavy atom. The van der Waals surface area contributed by atoms with Gasteiger partial charge in [0.15, 0.2) is 0 Å². The molecule has 0 fully saturated rings. The summed E-state index contributed by atoms with van der Waals surface area (Å²) in [4.78, 5) is 12.3. The average molecular weight is 356 g/mol. The molecule has 0 saturated heterocycles. The minimum atomic E-state index is -0.175. The fraction of sp³-hybridized carbons (Fsp3) is 0.150. The zero-order valence-corrected chi connectivity index (χ0v) is 14.5. The molecule has 0 aliphatic rings. The highest BCUT2D eigenvalue weighted by Gasteiger charge is 2.09. The molecule has 0 saturated carbocycles. The molecular weight excluding hydrogens is 338 g/mol. The maximum absolute atomic E-state index is 12.3. The van der Waals surface area contributed by atoms with Gasteiger partial charge in [-0.2, -0.15) is 0 Å². The number of carbonyl (C=O) groups excluding carboxylic acids is 1. The van der Waals surface area contributed by atoms with Crippen LogP contribution in [-0.2, 0) is 6.54 Å². The Kier molecular flexibility index (Phi) is 5.41. The lowest BCUT2D eigenvalue weighted by atomic mass is 10.2. The Bertz CT molecular complexity index is 855. The van der Waals surface area contributed by atoms with Crippen LogP contribution in [0.15, 0.2) is 65.1 Å². The van der Waals surface area contributed by atoms with E-state index in [1.54, 1.807) is 18.2 Å². The lowest BCUT2D eigenvalue weighted by molar-refractivity contribution is 0.0947. The maximum Gasteiger partial charge on any atom is 0.251 e. The van der Waals surface area contributed by atoms with Crippen molar-refractivity contribution in [2.45, 2.75) is 13.5 Å². The highest BCUT2D eigenvalue weighted by Crippen LogP contribution is 2.23. The molecule has 0 aliphatic heterocycles. The first-order valence-corrected chi connectivity index (χ1v) is 8.39. The molecule has 1 heterocycles. The van der Waals surface area contributed by atoms with Crippen molar-refractivity contribution in [2.75, 3.05) is 6.61 Å². The van der Waals surface area contributed by atoms with Crippen LogP contribution in [0.5, 0.6) is 5.75 Å². The second-order valence-corrected chi connectivity index (χ2v) is 5.85. The second kappa shape index (κ2) is 7.90. The van der Waals surface area contributed by atoms with Crippen LogP contribution in [0.25, 0.3) is 11.3 Å². The van der Waals surface area contributed by atoms with E-state index in [4.69, 9.17) is 20.8 Å². The van der Waals surface area contributed by atoms with Crippen molar-refractivity contribution < 1.29 is 13.9 Å². The van der Waals surface area contributed by atoms with Crippen molar-refractivity contribution in [1.29, 1.82) is 0 Å². The SMILES string of the molecule is CCOc1cccc(C(=O)NCc2ccc(-c3ccc(Cl)cc3)o2)c1. The van der Waals surface area contributed by atoms with Gasteiger partial charge in [0, 0.05) is 16.1 Å². The zero-order valence-electron chi connectivity index (χ0n) is 13.8. The lowest BCUT2D eigenvalue weighted by Crippen LogP contribution is -2.22. The van der Waals surface area contributed by atoms with E-state index < -0.39 is 0 Å². The minimum Gasteiger partial charge on any atom is -0.494 e. The first kappa shape index (κ1) is 17.1. The Balaban J connectivity index is 1.63. The van der Waals surface area contributed by atoms with Gasteiger partial charge in [0.1, 0.15) is 17.3 Å². The number of carbonyl (C=O) groups is 1. The first-order valence-electron chi connectivity index (χ1n) is 8.01. The number of benzene rings is 2. The molecule has 2 aromatic carbocycles. The number of furan rings is 1. The molecule has 3 rings (SSSR count). The number of halogens is 1. The summed E-state index contributed by atoms with van der Waals surface area (Å²) in [5.74, 6) is 1.92. The first-order chi connectivity index (χ1) is 12.2. The molecule has 5 heteroatoms. The van der Waals surface area contributed by atoms with Gasteiger partial charge in [-0.25, -0.2) is 0 Å². The topological polar surface area (TPSA) is 51.5 Å². The summed E-state index contributed by atoms with van der Waals surface area (Å²) >= 11 is 5.89. The number of ether oxygens (including phenoxy) is 1. The largest absolute Gasteiger partial charge is 0.494 e. The normalized spacial score (nSPS) is 10.5. The molecule has 0 bridgehead atoms. The standard InChI is InChI=1S/C20H18ClNO3/c1-2-24-17-5-3-4-15(12-17)20(23)22-13-18-10-11-19(25-18)14-6-8-16(21)9-7-14/h3-12H,2,13H2,1H3,(H,22,23). The van der Waals surface area contributed by atoms with Gasteiger partial charge in [-0.1, -0.05) is 17.7 Å². The summed E-state index contributed by atoms with van der Waals surface area (Å²) in [5.41, 5.74) is 1.49. The third-order valence-electron chi connectivity index (χ3n) is 3.62. The quantitative estimate of drug-likeness (QED) is 0.682. The number of amides is 1. The number of rotatable bonds is 6. The van der Waals surface area contributed by atoms with Crippen LogP contribution in [0.1, 0.15) is 23.0 Å². The van der Waals surface area contributed by atoms with Crippen molar-refractivity contribution in [1.82, 2.24) is 5.32 Å². The highest BCUT2D eigenvalue weighted by molar-refractivity contribution is 6.30. The van der Waals surface area contributed by atoms with E-state index in [0.717, 1.165) is 11.3 Å². The van der Waals surface area contributed by atoms with E-state index in [9.17, 15) is 4.79 Å². The number of hydrogen-bond donors (Lipinski definition) is 1. The molecule has 4 nitrogen and oxygen atoms in total. The van der Waals surface area contributed by atoms with E-state index in [2.05, 4.69) is 5.32 Å². The van der Waals surface area contributed by atoms with Gasteiger partial charge in [0.2, 0.25) is 0 Å². The number of hydrogen-bond acceptors (Lipinski definition) is 3.